The molecule has 3 N–H and O–H groups in total. The highest BCUT2D eigenvalue weighted by Crippen LogP contribution is 2.29. The molecule has 0 fully saturated rings. The maximum absolute atomic E-state index is 13.4. The van der Waals surface area contributed by atoms with Gasteiger partial charge in [0.05, 0.1) is 18.1 Å². The monoisotopic (exact) mass is 712 g/mol. The number of thiazole rings is 1. The number of carbonyl (C=O) groups excluding carboxylic acids is 3. The number of anilines is 2. The van der Waals surface area contributed by atoms with E-state index in [2.05, 4.69) is 36.9 Å². The minimum absolute atomic E-state index is 0.0828. The fourth-order valence-electron chi connectivity index (χ4n) is 4.20. The molecule has 8 nitrogen and oxygen atoms in total. The van der Waals surface area contributed by atoms with Crippen LogP contribution in [0, 0.1) is 0 Å². The van der Waals surface area contributed by atoms with Crippen molar-refractivity contribution >= 4 is 73.6 Å². The van der Waals surface area contributed by atoms with Crippen molar-refractivity contribution in [2.75, 3.05) is 17.7 Å². The van der Waals surface area contributed by atoms with Crippen LogP contribution in [0.3, 0.4) is 0 Å². The van der Waals surface area contributed by atoms with E-state index in [1.54, 1.807) is 62.6 Å². The lowest BCUT2D eigenvalue weighted by Crippen LogP contribution is -2.30. The second kappa shape index (κ2) is 15.5. The summed E-state index contributed by atoms with van der Waals surface area (Å²) in [7, 11) is 1.62. The molecule has 0 bridgehead atoms. The van der Waals surface area contributed by atoms with Gasteiger partial charge < -0.3 is 20.7 Å². The predicted octanol–water partition coefficient (Wildman–Crippen LogP) is 8.11. The number of nitrogens with one attached hydrogen (secondary N) is 3. The Labute approximate surface area is 283 Å². The molecule has 232 valence electrons. The molecule has 0 aliphatic heterocycles. The zero-order valence-electron chi connectivity index (χ0n) is 24.8. The van der Waals surface area contributed by atoms with E-state index in [0.29, 0.717) is 16.4 Å². The average Bonchev–Trinajstić information content (AvgIpc) is 3.54. The fraction of sp³-hybridized carbons (Fsp3) is 0.0857. The van der Waals surface area contributed by atoms with Crippen molar-refractivity contribution in [1.82, 2.24) is 10.3 Å². The van der Waals surface area contributed by atoms with Gasteiger partial charge in [-0.1, -0.05) is 52.3 Å². The molecular formula is C35H29BrN4O4S2. The molecule has 0 radical (unpaired) electrons. The first-order chi connectivity index (χ1) is 22.3. The predicted molar refractivity (Wildman–Crippen MR) is 189 cm³/mol. The Morgan fingerprint density at radius 2 is 1.65 bits per heavy atom. The smallest absolute Gasteiger partial charge is 0.272 e. The lowest BCUT2D eigenvalue weighted by molar-refractivity contribution is -0.115. The van der Waals surface area contributed by atoms with Gasteiger partial charge in [-0.3, -0.25) is 14.4 Å². The summed E-state index contributed by atoms with van der Waals surface area (Å²) < 4.78 is 6.11. The zero-order chi connectivity index (χ0) is 32.5. The fourth-order valence-corrected chi connectivity index (χ4v) is 6.12. The van der Waals surface area contributed by atoms with E-state index in [1.807, 2.05) is 66.0 Å². The van der Waals surface area contributed by atoms with Gasteiger partial charge in [-0.25, -0.2) is 4.98 Å². The van der Waals surface area contributed by atoms with Gasteiger partial charge in [0, 0.05) is 31.6 Å². The zero-order valence-corrected chi connectivity index (χ0v) is 28.0. The standard InChI is InChI=1S/C35H29BrN4O4S2/c1-22(32(41)40-35-39-31(21-45-35)24-13-17-28(44-2)18-14-24)46-29-10-6-9-27(20-29)37-34(43)30(19-23-11-15-26(36)16-12-23)38-33(42)25-7-4-3-5-8-25/h3-22H,1-2H3,(H,37,43)(H,38,42)(H,39,40,41)/b30-19-. The van der Waals surface area contributed by atoms with Crippen LogP contribution in [0.1, 0.15) is 22.8 Å². The Morgan fingerprint density at radius 1 is 0.913 bits per heavy atom. The van der Waals surface area contributed by atoms with Gasteiger partial charge in [-0.05, 0) is 85.3 Å². The van der Waals surface area contributed by atoms with Crippen LogP contribution in [0.25, 0.3) is 17.3 Å². The summed E-state index contributed by atoms with van der Waals surface area (Å²) >= 11 is 6.12. The summed E-state index contributed by atoms with van der Waals surface area (Å²) in [4.78, 5) is 44.7. The molecule has 46 heavy (non-hydrogen) atoms. The Balaban J connectivity index is 1.24. The molecule has 0 aliphatic carbocycles. The van der Waals surface area contributed by atoms with Crippen LogP contribution in [-0.4, -0.2) is 35.1 Å². The molecule has 1 aromatic heterocycles. The third-order valence-corrected chi connectivity index (χ3v) is 8.98. The molecule has 4 aromatic carbocycles. The Morgan fingerprint density at radius 3 is 2.37 bits per heavy atom. The largest absolute Gasteiger partial charge is 0.497 e. The number of carbonyl (C=O) groups is 3. The maximum Gasteiger partial charge on any atom is 0.272 e. The number of halogens is 1. The second-order valence-corrected chi connectivity index (χ2v) is 13.1. The number of methoxy groups -OCH3 is 1. The third-order valence-electron chi connectivity index (χ3n) is 6.60. The summed E-state index contributed by atoms with van der Waals surface area (Å²) in [6.07, 6.45) is 1.62. The van der Waals surface area contributed by atoms with Crippen molar-refractivity contribution in [2.24, 2.45) is 0 Å². The molecule has 3 amide bonds. The van der Waals surface area contributed by atoms with Crippen LogP contribution in [0.4, 0.5) is 10.8 Å². The first kappa shape index (κ1) is 32.7. The van der Waals surface area contributed by atoms with E-state index in [0.717, 1.165) is 31.9 Å². The first-order valence-electron chi connectivity index (χ1n) is 14.1. The number of aromatic nitrogens is 1. The molecule has 5 aromatic rings. The van der Waals surface area contributed by atoms with Crippen molar-refractivity contribution in [3.05, 3.63) is 130 Å². The van der Waals surface area contributed by atoms with Crippen molar-refractivity contribution in [2.45, 2.75) is 17.1 Å². The van der Waals surface area contributed by atoms with Gasteiger partial charge in [0.2, 0.25) is 5.91 Å². The van der Waals surface area contributed by atoms with E-state index in [-0.39, 0.29) is 11.6 Å². The quantitative estimate of drug-likeness (QED) is 0.0943. The van der Waals surface area contributed by atoms with Crippen LogP contribution in [0.5, 0.6) is 5.75 Å². The number of hydrogen-bond donors (Lipinski definition) is 3. The number of rotatable bonds is 11. The lowest BCUT2D eigenvalue weighted by atomic mass is 10.1. The summed E-state index contributed by atoms with van der Waals surface area (Å²) in [5.74, 6) is -0.330. The van der Waals surface area contributed by atoms with Crippen LogP contribution >= 0.6 is 39.0 Å². The molecule has 1 unspecified atom stereocenters. The highest BCUT2D eigenvalue weighted by molar-refractivity contribution is 9.10. The van der Waals surface area contributed by atoms with Gasteiger partial charge in [0.15, 0.2) is 5.13 Å². The topological polar surface area (TPSA) is 109 Å². The van der Waals surface area contributed by atoms with Crippen molar-refractivity contribution in [3.63, 3.8) is 0 Å². The van der Waals surface area contributed by atoms with Crippen LogP contribution in [-0.2, 0) is 9.59 Å². The molecule has 11 heteroatoms. The van der Waals surface area contributed by atoms with E-state index in [4.69, 9.17) is 4.74 Å². The molecular weight excluding hydrogens is 684 g/mol. The Kier molecular flexibility index (Phi) is 11.0. The van der Waals surface area contributed by atoms with Gasteiger partial charge in [-0.15, -0.1) is 23.1 Å². The number of thioether (sulfide) groups is 1. The number of hydrogen-bond acceptors (Lipinski definition) is 7. The minimum Gasteiger partial charge on any atom is -0.497 e. The number of benzene rings is 4. The number of amides is 3. The van der Waals surface area contributed by atoms with E-state index < -0.39 is 17.1 Å². The summed E-state index contributed by atoms with van der Waals surface area (Å²) in [6.45, 7) is 1.81. The van der Waals surface area contributed by atoms with Gasteiger partial charge in [-0.2, -0.15) is 0 Å². The highest BCUT2D eigenvalue weighted by atomic mass is 79.9. The highest BCUT2D eigenvalue weighted by Gasteiger charge is 2.18. The van der Waals surface area contributed by atoms with E-state index >= 15 is 0 Å². The molecule has 0 spiro atoms. The molecule has 1 heterocycles. The average molecular weight is 714 g/mol. The minimum atomic E-state index is -0.489. The summed E-state index contributed by atoms with van der Waals surface area (Å²) in [5.41, 5.74) is 3.45. The van der Waals surface area contributed by atoms with Gasteiger partial charge in [0.1, 0.15) is 11.4 Å². The van der Waals surface area contributed by atoms with Crippen molar-refractivity contribution in [1.29, 1.82) is 0 Å². The number of nitrogens with zero attached hydrogens (tertiary/aromatic N) is 1. The molecule has 0 saturated carbocycles. The van der Waals surface area contributed by atoms with Crippen molar-refractivity contribution in [3.8, 4) is 17.0 Å². The number of ether oxygens (including phenoxy) is 1. The molecule has 0 aliphatic rings. The van der Waals surface area contributed by atoms with Gasteiger partial charge >= 0.3 is 0 Å². The lowest BCUT2D eigenvalue weighted by Gasteiger charge is -2.13. The molecule has 1 atom stereocenters. The Bertz CT molecular complexity index is 1860. The van der Waals surface area contributed by atoms with Gasteiger partial charge in [0.25, 0.3) is 11.8 Å². The van der Waals surface area contributed by atoms with Crippen molar-refractivity contribution < 1.29 is 19.1 Å². The first-order valence-corrected chi connectivity index (χ1v) is 16.6. The normalized spacial score (nSPS) is 11.8. The second-order valence-electron chi connectivity index (χ2n) is 9.93. The maximum atomic E-state index is 13.4. The molecule has 5 rings (SSSR count). The molecule has 0 saturated heterocycles. The van der Waals surface area contributed by atoms with Crippen LogP contribution in [0.15, 0.2) is 124 Å². The van der Waals surface area contributed by atoms with E-state index in [9.17, 15) is 14.4 Å². The summed E-state index contributed by atoms with van der Waals surface area (Å²) in [6, 6.07) is 30.8. The summed E-state index contributed by atoms with van der Waals surface area (Å²) in [5, 5.41) is 10.5. The van der Waals surface area contributed by atoms with Crippen LogP contribution in [0.2, 0.25) is 0 Å². The van der Waals surface area contributed by atoms with E-state index in [1.165, 1.54) is 23.1 Å². The SMILES string of the molecule is COc1ccc(-c2csc(NC(=O)C(C)Sc3cccc(NC(=O)/C(=C/c4ccc(Br)cc4)NC(=O)c4ccccc4)c3)n2)cc1. The Hall–Kier alpha value is -4.71. The van der Waals surface area contributed by atoms with Crippen LogP contribution < -0.4 is 20.7 Å². The third kappa shape index (κ3) is 8.94.